The van der Waals surface area contributed by atoms with Crippen molar-refractivity contribution in [2.45, 2.75) is 18.0 Å². The monoisotopic (exact) mass is 586 g/mol. The fraction of sp³-hybridized carbons (Fsp3) is 0.171. The highest BCUT2D eigenvalue weighted by molar-refractivity contribution is 6.32. The summed E-state index contributed by atoms with van der Waals surface area (Å²) in [6, 6.07) is 23.0. The number of nitrogens with zero attached hydrogens (tertiary/aromatic N) is 2. The maximum Gasteiger partial charge on any atom is 0.269 e. The number of non-ortho nitro benzene ring substituents is 1. The van der Waals surface area contributed by atoms with Crippen molar-refractivity contribution in [3.63, 3.8) is 0 Å². The molecule has 0 saturated carbocycles. The lowest BCUT2D eigenvalue weighted by Gasteiger charge is -2.37. The number of carbonyl (C=O) groups excluding carboxylic acids is 3. The van der Waals surface area contributed by atoms with E-state index >= 15 is 0 Å². The molecule has 3 atom stereocenters. The lowest BCUT2D eigenvalue weighted by molar-refractivity contribution is -0.384. The van der Waals surface area contributed by atoms with Crippen LogP contribution in [0.5, 0.6) is 11.5 Å². The van der Waals surface area contributed by atoms with Crippen LogP contribution in [0.4, 0.5) is 11.4 Å². The molecule has 3 aliphatic rings. The summed E-state index contributed by atoms with van der Waals surface area (Å²) >= 11 is 0. The Morgan fingerprint density at radius 1 is 0.841 bits per heavy atom. The number of hydrogen-bond acceptors (Lipinski definition) is 8. The van der Waals surface area contributed by atoms with Crippen molar-refractivity contribution in [3.8, 4) is 11.5 Å². The van der Waals surface area contributed by atoms with Crippen molar-refractivity contribution in [3.05, 3.63) is 135 Å². The number of hydrogen-bond donors (Lipinski definition) is 0. The van der Waals surface area contributed by atoms with Gasteiger partial charge in [-0.15, -0.1) is 0 Å². The van der Waals surface area contributed by atoms with E-state index in [1.807, 2.05) is 41.3 Å². The van der Waals surface area contributed by atoms with Crippen molar-refractivity contribution in [2.24, 2.45) is 5.41 Å². The van der Waals surface area contributed by atoms with Crippen LogP contribution in [0, 0.1) is 15.5 Å². The summed E-state index contributed by atoms with van der Waals surface area (Å²) in [7, 11) is 2.97. The number of ketones is 3. The summed E-state index contributed by atoms with van der Waals surface area (Å²) in [4.78, 5) is 57.2. The van der Waals surface area contributed by atoms with Gasteiger partial charge in [-0.05, 0) is 29.8 Å². The van der Waals surface area contributed by atoms with Crippen LogP contribution >= 0.6 is 0 Å². The van der Waals surface area contributed by atoms with E-state index in [4.69, 9.17) is 9.47 Å². The molecule has 1 fully saturated rings. The maximum absolute atomic E-state index is 14.8. The standard InChI is InChI=1S/C35H26N2O7/c1-43-27-13-7-11-25(32(27)44-2)29-30(31(38)21-14-17-22(18-15-21)37(41)42)36-26-12-6-3-8-20(26)16-19-28(36)35(29)33(39)23-9-4-5-10-24(23)34(35)40/h3-19,28-30H,1-2H3/t28?,29-,30+/m1/s1. The third kappa shape index (κ3) is 3.55. The molecule has 44 heavy (non-hydrogen) atoms. The second-order valence-electron chi connectivity index (χ2n) is 11.0. The first-order valence-electron chi connectivity index (χ1n) is 14.1. The molecule has 0 aromatic heterocycles. The van der Waals surface area contributed by atoms with E-state index in [1.54, 1.807) is 42.5 Å². The van der Waals surface area contributed by atoms with Crippen LogP contribution in [-0.2, 0) is 0 Å². The van der Waals surface area contributed by atoms with Gasteiger partial charge in [-0.1, -0.05) is 66.7 Å². The molecule has 4 aromatic carbocycles. The Labute approximate surface area is 252 Å². The first kappa shape index (κ1) is 27.3. The fourth-order valence-electron chi connectivity index (χ4n) is 7.34. The number of carbonyl (C=O) groups is 3. The Morgan fingerprint density at radius 3 is 2.14 bits per heavy atom. The topological polar surface area (TPSA) is 116 Å². The van der Waals surface area contributed by atoms with Crippen LogP contribution < -0.4 is 14.4 Å². The van der Waals surface area contributed by atoms with Crippen molar-refractivity contribution < 1.29 is 28.8 Å². The van der Waals surface area contributed by atoms with E-state index in [0.29, 0.717) is 33.9 Å². The molecule has 2 heterocycles. The van der Waals surface area contributed by atoms with Gasteiger partial charge in [-0.3, -0.25) is 24.5 Å². The molecule has 7 rings (SSSR count). The summed E-state index contributed by atoms with van der Waals surface area (Å²) in [6.45, 7) is 0. The number of fused-ring (bicyclic) bond motifs is 5. The van der Waals surface area contributed by atoms with Gasteiger partial charge >= 0.3 is 0 Å². The van der Waals surface area contributed by atoms with Gasteiger partial charge in [0.2, 0.25) is 0 Å². The number of nitro groups is 1. The van der Waals surface area contributed by atoms with Gasteiger partial charge in [0, 0.05) is 46.0 Å². The molecular weight excluding hydrogens is 560 g/mol. The highest BCUT2D eigenvalue weighted by Crippen LogP contribution is 2.62. The average Bonchev–Trinajstić information content (AvgIpc) is 3.49. The van der Waals surface area contributed by atoms with Gasteiger partial charge in [-0.2, -0.15) is 0 Å². The molecular formula is C35H26N2O7. The Kier molecular flexibility index (Phi) is 6.21. The Morgan fingerprint density at radius 2 is 1.50 bits per heavy atom. The number of nitro benzene ring substituents is 1. The molecule has 4 aromatic rings. The highest BCUT2D eigenvalue weighted by atomic mass is 16.6. The molecule has 0 N–H and O–H groups in total. The van der Waals surface area contributed by atoms with Crippen LogP contribution in [0.25, 0.3) is 6.08 Å². The van der Waals surface area contributed by atoms with E-state index in [2.05, 4.69) is 0 Å². The van der Waals surface area contributed by atoms with Crippen molar-refractivity contribution in [1.82, 2.24) is 0 Å². The van der Waals surface area contributed by atoms with Crippen molar-refractivity contribution in [1.29, 1.82) is 0 Å². The largest absolute Gasteiger partial charge is 0.493 e. The van der Waals surface area contributed by atoms with Crippen LogP contribution in [0.1, 0.15) is 48.1 Å². The minimum Gasteiger partial charge on any atom is -0.493 e. The van der Waals surface area contributed by atoms with Gasteiger partial charge in [0.25, 0.3) is 5.69 Å². The minimum atomic E-state index is -1.73. The number of ether oxygens (including phenoxy) is 2. The second-order valence-corrected chi connectivity index (χ2v) is 11.0. The summed E-state index contributed by atoms with van der Waals surface area (Å²) in [5.41, 5.74) is 0.937. The minimum absolute atomic E-state index is 0.156. The summed E-state index contributed by atoms with van der Waals surface area (Å²) in [5.74, 6) is -1.45. The van der Waals surface area contributed by atoms with E-state index in [1.165, 1.54) is 38.5 Å². The molecule has 9 heteroatoms. The zero-order valence-corrected chi connectivity index (χ0v) is 23.8. The summed E-state index contributed by atoms with van der Waals surface area (Å²) < 4.78 is 11.5. The number of anilines is 1. The quantitative estimate of drug-likeness (QED) is 0.118. The average molecular weight is 587 g/mol. The SMILES string of the molecule is COc1cccc([C@@H]2[C@@H](C(=O)c3ccc([N+](=O)[O-])cc3)N3c4ccccc4C=CC3C23C(=O)c2ccccc2C3=O)c1OC. The molecule has 0 bridgehead atoms. The molecule has 1 aliphatic carbocycles. The van der Waals surface area contributed by atoms with Crippen molar-refractivity contribution in [2.75, 3.05) is 19.1 Å². The first-order valence-corrected chi connectivity index (χ1v) is 14.1. The molecule has 1 spiro atoms. The Bertz CT molecular complexity index is 1880. The fourth-order valence-corrected chi connectivity index (χ4v) is 7.34. The molecule has 218 valence electrons. The van der Waals surface area contributed by atoms with Crippen LogP contribution in [-0.4, -0.2) is 48.6 Å². The maximum atomic E-state index is 14.8. The van der Waals surface area contributed by atoms with Gasteiger partial charge in [0.05, 0.1) is 25.2 Å². The zero-order chi connectivity index (χ0) is 30.7. The predicted molar refractivity (Wildman–Crippen MR) is 163 cm³/mol. The number of benzene rings is 4. The van der Waals surface area contributed by atoms with Gasteiger partial charge in [-0.25, -0.2) is 0 Å². The third-order valence-electron chi connectivity index (χ3n) is 9.11. The molecule has 2 aliphatic heterocycles. The first-order chi connectivity index (χ1) is 21.3. The lowest BCUT2D eigenvalue weighted by atomic mass is 9.64. The van der Waals surface area contributed by atoms with Gasteiger partial charge < -0.3 is 14.4 Å². The molecule has 0 amide bonds. The Balaban J connectivity index is 1.56. The Hall–Kier alpha value is -5.57. The molecule has 0 radical (unpaired) electrons. The smallest absolute Gasteiger partial charge is 0.269 e. The van der Waals surface area contributed by atoms with E-state index in [-0.39, 0.29) is 22.8 Å². The highest BCUT2D eigenvalue weighted by Gasteiger charge is 2.72. The number of Topliss-reactive ketones (excluding diaryl/α,β-unsaturated/α-hetero) is 3. The van der Waals surface area contributed by atoms with Crippen molar-refractivity contribution >= 4 is 34.8 Å². The lowest BCUT2D eigenvalue weighted by Crippen LogP contribution is -2.48. The predicted octanol–water partition coefficient (Wildman–Crippen LogP) is 5.93. The summed E-state index contributed by atoms with van der Waals surface area (Å²) in [6.07, 6.45) is 3.73. The van der Waals surface area contributed by atoms with E-state index < -0.39 is 34.1 Å². The van der Waals surface area contributed by atoms with Crippen LogP contribution in [0.15, 0.2) is 97.1 Å². The molecule has 1 saturated heterocycles. The zero-order valence-electron chi connectivity index (χ0n) is 23.8. The molecule has 1 unspecified atom stereocenters. The van der Waals surface area contributed by atoms with Gasteiger partial charge in [0.1, 0.15) is 11.5 Å². The van der Waals surface area contributed by atoms with Crippen LogP contribution in [0.3, 0.4) is 0 Å². The number of para-hydroxylation sites is 2. The number of rotatable bonds is 6. The second kappa shape index (κ2) is 10.0. The normalized spacial score (nSPS) is 20.7. The third-order valence-corrected chi connectivity index (χ3v) is 9.11. The van der Waals surface area contributed by atoms with E-state index in [9.17, 15) is 24.5 Å². The number of methoxy groups -OCH3 is 2. The van der Waals surface area contributed by atoms with E-state index in [0.717, 1.165) is 5.56 Å². The van der Waals surface area contributed by atoms with Crippen LogP contribution in [0.2, 0.25) is 0 Å². The molecule has 9 nitrogen and oxygen atoms in total. The van der Waals surface area contributed by atoms with Gasteiger partial charge in [0.15, 0.2) is 28.8 Å². The summed E-state index contributed by atoms with van der Waals surface area (Å²) in [5, 5.41) is 11.4.